The maximum atomic E-state index is 11.1. The van der Waals surface area contributed by atoms with E-state index in [9.17, 15) is 10.1 Å². The first-order valence-electron chi connectivity index (χ1n) is 7.87. The normalized spacial score (nSPS) is 16.2. The first-order chi connectivity index (χ1) is 10.5. The number of hydrogen-bond acceptors (Lipinski definition) is 4. The summed E-state index contributed by atoms with van der Waals surface area (Å²) >= 11 is 5.94. The van der Waals surface area contributed by atoms with Crippen LogP contribution in [0.5, 0.6) is 0 Å². The van der Waals surface area contributed by atoms with E-state index in [1.807, 2.05) is 6.07 Å². The Kier molecular flexibility index (Phi) is 10.8. The monoisotopic (exact) mass is 397 g/mol. The SMILES string of the molecule is CC(C)CC[C@@H](c1ccc(Cl)c([N+](=O)[O-])c1)N1CCNCC1.Cl.Cl. The molecule has 5 nitrogen and oxygen atoms in total. The van der Waals surface area contributed by atoms with Crippen molar-refractivity contribution >= 4 is 42.1 Å². The number of benzene rings is 1. The maximum absolute atomic E-state index is 11.1. The Morgan fingerprint density at radius 2 is 1.88 bits per heavy atom. The molecule has 2 rings (SSSR count). The van der Waals surface area contributed by atoms with Crippen molar-refractivity contribution in [1.82, 2.24) is 10.2 Å². The van der Waals surface area contributed by atoms with Crippen LogP contribution >= 0.6 is 36.4 Å². The summed E-state index contributed by atoms with van der Waals surface area (Å²) in [5.41, 5.74) is 1.00. The highest BCUT2D eigenvalue weighted by Crippen LogP contribution is 2.33. The summed E-state index contributed by atoms with van der Waals surface area (Å²) in [5, 5.41) is 14.7. The summed E-state index contributed by atoms with van der Waals surface area (Å²) in [6.07, 6.45) is 2.11. The number of piperazine rings is 1. The molecular formula is C16H26Cl3N3O2. The molecule has 8 heteroatoms. The fourth-order valence-electron chi connectivity index (χ4n) is 2.92. The molecule has 1 N–H and O–H groups in total. The van der Waals surface area contributed by atoms with Gasteiger partial charge in [-0.05, 0) is 30.4 Å². The van der Waals surface area contributed by atoms with Crippen LogP contribution in [0.25, 0.3) is 0 Å². The molecule has 1 atom stereocenters. The van der Waals surface area contributed by atoms with Gasteiger partial charge in [0, 0.05) is 38.3 Å². The van der Waals surface area contributed by atoms with Gasteiger partial charge >= 0.3 is 0 Å². The first kappa shape index (κ1) is 23.4. The molecule has 1 fully saturated rings. The Morgan fingerprint density at radius 3 is 2.42 bits per heavy atom. The second-order valence-corrected chi connectivity index (χ2v) is 6.65. The van der Waals surface area contributed by atoms with Gasteiger partial charge in [0.25, 0.3) is 5.69 Å². The molecule has 1 aliphatic heterocycles. The molecule has 0 aromatic heterocycles. The lowest BCUT2D eigenvalue weighted by atomic mass is 9.95. The highest BCUT2D eigenvalue weighted by atomic mass is 35.5. The molecule has 0 unspecified atom stereocenters. The quantitative estimate of drug-likeness (QED) is 0.567. The van der Waals surface area contributed by atoms with E-state index in [1.165, 1.54) is 0 Å². The molecule has 1 aromatic carbocycles. The van der Waals surface area contributed by atoms with E-state index >= 15 is 0 Å². The van der Waals surface area contributed by atoms with Crippen molar-refractivity contribution in [3.63, 3.8) is 0 Å². The predicted molar refractivity (Wildman–Crippen MR) is 104 cm³/mol. The number of nitrogens with one attached hydrogen (secondary N) is 1. The average molecular weight is 399 g/mol. The van der Waals surface area contributed by atoms with Crippen LogP contribution in [0.4, 0.5) is 5.69 Å². The minimum Gasteiger partial charge on any atom is -0.314 e. The summed E-state index contributed by atoms with van der Waals surface area (Å²) in [6, 6.07) is 5.46. The minimum absolute atomic E-state index is 0. The molecule has 0 aliphatic carbocycles. The fraction of sp³-hybridized carbons (Fsp3) is 0.625. The predicted octanol–water partition coefficient (Wildman–Crippen LogP) is 4.47. The average Bonchev–Trinajstić information content (AvgIpc) is 2.49. The number of nitro benzene ring substituents is 1. The zero-order valence-corrected chi connectivity index (χ0v) is 16.4. The molecule has 1 aromatic rings. The number of hydrogen-bond donors (Lipinski definition) is 1. The van der Waals surface area contributed by atoms with Crippen LogP contribution in [0.15, 0.2) is 18.2 Å². The van der Waals surface area contributed by atoms with Gasteiger partial charge in [-0.25, -0.2) is 0 Å². The number of halogens is 3. The molecule has 24 heavy (non-hydrogen) atoms. The lowest BCUT2D eigenvalue weighted by Crippen LogP contribution is -2.45. The number of nitrogens with zero attached hydrogens (tertiary/aromatic N) is 2. The zero-order valence-electron chi connectivity index (χ0n) is 14.0. The molecule has 0 spiro atoms. The molecule has 1 aliphatic rings. The van der Waals surface area contributed by atoms with Crippen molar-refractivity contribution in [2.75, 3.05) is 26.2 Å². The van der Waals surface area contributed by atoms with Crippen molar-refractivity contribution in [3.05, 3.63) is 38.9 Å². The van der Waals surface area contributed by atoms with Gasteiger partial charge in [-0.15, -0.1) is 24.8 Å². The molecule has 0 saturated carbocycles. The molecular weight excluding hydrogens is 373 g/mol. The van der Waals surface area contributed by atoms with Crippen molar-refractivity contribution in [1.29, 1.82) is 0 Å². The summed E-state index contributed by atoms with van der Waals surface area (Å²) in [7, 11) is 0. The van der Waals surface area contributed by atoms with Crippen molar-refractivity contribution in [2.45, 2.75) is 32.7 Å². The Hall–Kier alpha value is -0.590. The van der Waals surface area contributed by atoms with Crippen molar-refractivity contribution in [3.8, 4) is 0 Å². The van der Waals surface area contributed by atoms with Gasteiger partial charge in [0.1, 0.15) is 5.02 Å². The summed E-state index contributed by atoms with van der Waals surface area (Å²) in [4.78, 5) is 13.2. The van der Waals surface area contributed by atoms with Gasteiger partial charge in [0.05, 0.1) is 4.92 Å². The largest absolute Gasteiger partial charge is 0.314 e. The molecule has 0 radical (unpaired) electrons. The number of rotatable bonds is 6. The van der Waals surface area contributed by atoms with Crippen molar-refractivity contribution in [2.24, 2.45) is 5.92 Å². The Bertz CT molecular complexity index is 523. The van der Waals surface area contributed by atoms with E-state index < -0.39 is 4.92 Å². The smallest absolute Gasteiger partial charge is 0.288 e. The minimum atomic E-state index is -0.400. The van der Waals surface area contributed by atoms with Crippen LogP contribution in [0.1, 0.15) is 38.3 Å². The van der Waals surface area contributed by atoms with E-state index in [0.29, 0.717) is 5.92 Å². The highest BCUT2D eigenvalue weighted by Gasteiger charge is 2.24. The van der Waals surface area contributed by atoms with Gasteiger partial charge in [-0.2, -0.15) is 0 Å². The standard InChI is InChI=1S/C16H24ClN3O2.2ClH/c1-12(2)3-6-15(19-9-7-18-8-10-19)13-4-5-14(17)16(11-13)20(21)22;;/h4-5,11-12,15,18H,3,6-10H2,1-2H3;2*1H/t15-;;/m0../s1. The second-order valence-electron chi connectivity index (χ2n) is 6.24. The lowest BCUT2D eigenvalue weighted by Gasteiger charge is -2.35. The van der Waals surface area contributed by atoms with E-state index in [-0.39, 0.29) is 41.6 Å². The Labute approximate surface area is 161 Å². The van der Waals surface area contributed by atoms with E-state index in [2.05, 4.69) is 24.1 Å². The third kappa shape index (κ3) is 6.37. The second kappa shape index (κ2) is 11.1. The third-order valence-electron chi connectivity index (χ3n) is 4.16. The molecule has 1 saturated heterocycles. The van der Waals surface area contributed by atoms with Gasteiger partial charge in [0.2, 0.25) is 0 Å². The maximum Gasteiger partial charge on any atom is 0.288 e. The van der Waals surface area contributed by atoms with Crippen LogP contribution < -0.4 is 5.32 Å². The van der Waals surface area contributed by atoms with Crippen LogP contribution in [0.3, 0.4) is 0 Å². The van der Waals surface area contributed by atoms with Crippen LogP contribution in [0, 0.1) is 16.0 Å². The number of nitro groups is 1. The zero-order chi connectivity index (χ0) is 16.1. The summed E-state index contributed by atoms with van der Waals surface area (Å²) < 4.78 is 0. The summed E-state index contributed by atoms with van der Waals surface area (Å²) in [6.45, 7) is 8.29. The van der Waals surface area contributed by atoms with E-state index in [1.54, 1.807) is 12.1 Å². The fourth-order valence-corrected chi connectivity index (χ4v) is 3.11. The molecule has 1 heterocycles. The lowest BCUT2D eigenvalue weighted by molar-refractivity contribution is -0.384. The van der Waals surface area contributed by atoms with Gasteiger partial charge in [-0.1, -0.05) is 31.5 Å². The van der Waals surface area contributed by atoms with Crippen LogP contribution in [0.2, 0.25) is 5.02 Å². The molecule has 0 bridgehead atoms. The third-order valence-corrected chi connectivity index (χ3v) is 4.48. The van der Waals surface area contributed by atoms with Crippen LogP contribution in [-0.4, -0.2) is 36.0 Å². The van der Waals surface area contributed by atoms with E-state index in [0.717, 1.165) is 44.6 Å². The first-order valence-corrected chi connectivity index (χ1v) is 8.25. The van der Waals surface area contributed by atoms with Crippen LogP contribution in [-0.2, 0) is 0 Å². The molecule has 0 amide bonds. The van der Waals surface area contributed by atoms with E-state index in [4.69, 9.17) is 11.6 Å². The highest BCUT2D eigenvalue weighted by molar-refractivity contribution is 6.32. The van der Waals surface area contributed by atoms with Gasteiger partial charge in [-0.3, -0.25) is 15.0 Å². The Morgan fingerprint density at radius 1 is 1.25 bits per heavy atom. The molecule has 138 valence electrons. The van der Waals surface area contributed by atoms with Gasteiger partial charge < -0.3 is 5.32 Å². The van der Waals surface area contributed by atoms with Gasteiger partial charge in [0.15, 0.2) is 0 Å². The Balaban J connectivity index is 0.00000264. The topological polar surface area (TPSA) is 58.4 Å². The van der Waals surface area contributed by atoms with Crippen molar-refractivity contribution < 1.29 is 4.92 Å². The summed E-state index contributed by atoms with van der Waals surface area (Å²) in [5.74, 6) is 0.618.